The number of aliphatic hydroxyl groups is 1. The van der Waals surface area contributed by atoms with Gasteiger partial charge in [0.25, 0.3) is 0 Å². The standard InChI is InChI=1S/C11H11BrOS2/c12-11-5-9(7-15-11)10(13)2-1-8-3-4-14-6-8/h3-7,10,13H,1-2H2. The lowest BCUT2D eigenvalue weighted by Crippen LogP contribution is -1.97. The van der Waals surface area contributed by atoms with Crippen molar-refractivity contribution in [1.82, 2.24) is 0 Å². The minimum absolute atomic E-state index is 0.340. The zero-order chi connectivity index (χ0) is 10.7. The Balaban J connectivity index is 1.90. The Morgan fingerprint density at radius 3 is 2.87 bits per heavy atom. The zero-order valence-electron chi connectivity index (χ0n) is 8.02. The molecule has 15 heavy (non-hydrogen) atoms. The molecule has 1 atom stereocenters. The zero-order valence-corrected chi connectivity index (χ0v) is 11.2. The number of hydrogen-bond donors (Lipinski definition) is 1. The second-order valence-corrected chi connectivity index (χ2v) is 6.44. The monoisotopic (exact) mass is 302 g/mol. The molecule has 1 N–H and O–H groups in total. The van der Waals surface area contributed by atoms with Crippen molar-refractivity contribution in [2.24, 2.45) is 0 Å². The molecule has 0 fully saturated rings. The van der Waals surface area contributed by atoms with Crippen molar-refractivity contribution >= 4 is 38.6 Å². The number of thiophene rings is 2. The smallest absolute Gasteiger partial charge is 0.0801 e. The lowest BCUT2D eigenvalue weighted by molar-refractivity contribution is 0.168. The van der Waals surface area contributed by atoms with E-state index in [-0.39, 0.29) is 6.10 Å². The minimum Gasteiger partial charge on any atom is -0.388 e. The molecule has 0 saturated heterocycles. The van der Waals surface area contributed by atoms with Gasteiger partial charge < -0.3 is 5.11 Å². The van der Waals surface area contributed by atoms with Crippen LogP contribution in [0.15, 0.2) is 32.1 Å². The fraction of sp³-hybridized carbons (Fsp3) is 0.273. The molecular weight excluding hydrogens is 292 g/mol. The highest BCUT2D eigenvalue weighted by Gasteiger charge is 2.09. The molecule has 0 aliphatic heterocycles. The fourth-order valence-corrected chi connectivity index (χ4v) is 3.33. The highest BCUT2D eigenvalue weighted by atomic mass is 79.9. The number of hydrogen-bond acceptors (Lipinski definition) is 3. The van der Waals surface area contributed by atoms with Gasteiger partial charge in [0.15, 0.2) is 0 Å². The Kier molecular flexibility index (Phi) is 3.97. The number of rotatable bonds is 4. The summed E-state index contributed by atoms with van der Waals surface area (Å²) in [5.74, 6) is 0. The van der Waals surface area contributed by atoms with Crippen LogP contribution in [0.4, 0.5) is 0 Å². The average molecular weight is 303 g/mol. The van der Waals surface area contributed by atoms with Gasteiger partial charge in [0, 0.05) is 0 Å². The third-order valence-corrected chi connectivity index (χ3v) is 4.51. The second kappa shape index (κ2) is 5.25. The van der Waals surface area contributed by atoms with Crippen LogP contribution in [0, 0.1) is 0 Å². The summed E-state index contributed by atoms with van der Waals surface area (Å²) in [7, 11) is 0. The molecule has 1 nitrogen and oxygen atoms in total. The van der Waals surface area contributed by atoms with E-state index in [4.69, 9.17) is 0 Å². The number of halogens is 1. The fourth-order valence-electron chi connectivity index (χ4n) is 1.40. The first-order valence-corrected chi connectivity index (χ1v) is 7.30. The van der Waals surface area contributed by atoms with Crippen LogP contribution < -0.4 is 0 Å². The normalized spacial score (nSPS) is 12.9. The van der Waals surface area contributed by atoms with Gasteiger partial charge in [-0.1, -0.05) is 0 Å². The van der Waals surface area contributed by atoms with Gasteiger partial charge in [-0.2, -0.15) is 11.3 Å². The quantitative estimate of drug-likeness (QED) is 0.896. The number of aliphatic hydroxyl groups excluding tert-OH is 1. The van der Waals surface area contributed by atoms with Crippen molar-refractivity contribution in [2.45, 2.75) is 18.9 Å². The van der Waals surface area contributed by atoms with E-state index in [2.05, 4.69) is 32.8 Å². The van der Waals surface area contributed by atoms with Gasteiger partial charge in [-0.15, -0.1) is 11.3 Å². The van der Waals surface area contributed by atoms with Crippen molar-refractivity contribution in [2.75, 3.05) is 0 Å². The van der Waals surface area contributed by atoms with E-state index < -0.39 is 0 Å². The molecule has 2 aromatic heterocycles. The minimum atomic E-state index is -0.340. The topological polar surface area (TPSA) is 20.2 Å². The molecule has 0 aromatic carbocycles. The van der Waals surface area contributed by atoms with Gasteiger partial charge >= 0.3 is 0 Å². The van der Waals surface area contributed by atoms with Crippen LogP contribution in [-0.2, 0) is 6.42 Å². The van der Waals surface area contributed by atoms with Gasteiger partial charge in [0.1, 0.15) is 0 Å². The van der Waals surface area contributed by atoms with Crippen LogP contribution in [-0.4, -0.2) is 5.11 Å². The Bertz CT molecular complexity index is 408. The second-order valence-electron chi connectivity index (χ2n) is 3.37. The Morgan fingerprint density at radius 2 is 2.27 bits per heavy atom. The van der Waals surface area contributed by atoms with Crippen molar-refractivity contribution in [1.29, 1.82) is 0 Å². The molecule has 0 saturated carbocycles. The molecule has 0 amide bonds. The maximum atomic E-state index is 9.92. The molecule has 80 valence electrons. The molecule has 0 aliphatic carbocycles. The van der Waals surface area contributed by atoms with Crippen LogP contribution in [0.25, 0.3) is 0 Å². The summed E-state index contributed by atoms with van der Waals surface area (Å²) in [5, 5.41) is 16.1. The van der Waals surface area contributed by atoms with Gasteiger partial charge in [-0.25, -0.2) is 0 Å². The highest BCUT2D eigenvalue weighted by molar-refractivity contribution is 9.11. The summed E-state index contributed by atoms with van der Waals surface area (Å²) in [6.07, 6.45) is 1.39. The first kappa shape index (κ1) is 11.3. The molecule has 0 spiro atoms. The molecule has 1 unspecified atom stereocenters. The predicted octanol–water partition coefficient (Wildman–Crippen LogP) is 4.24. The van der Waals surface area contributed by atoms with Gasteiger partial charge in [0.2, 0.25) is 0 Å². The Labute approximate surface area is 106 Å². The Hall–Kier alpha value is -0.160. The first-order chi connectivity index (χ1) is 7.25. The van der Waals surface area contributed by atoms with Crippen LogP contribution in [0.3, 0.4) is 0 Å². The number of aryl methyl sites for hydroxylation is 1. The third-order valence-electron chi connectivity index (χ3n) is 2.26. The van der Waals surface area contributed by atoms with E-state index in [9.17, 15) is 5.11 Å². The molecule has 4 heteroatoms. The van der Waals surface area contributed by atoms with E-state index >= 15 is 0 Å². The van der Waals surface area contributed by atoms with E-state index in [0.717, 1.165) is 22.2 Å². The predicted molar refractivity (Wildman–Crippen MR) is 69.6 cm³/mol. The molecule has 0 bridgehead atoms. The van der Waals surface area contributed by atoms with E-state index in [1.165, 1.54) is 5.56 Å². The summed E-state index contributed by atoms with van der Waals surface area (Å²) in [4.78, 5) is 0. The molecule has 0 radical (unpaired) electrons. The Morgan fingerprint density at radius 1 is 1.40 bits per heavy atom. The summed E-state index contributed by atoms with van der Waals surface area (Å²) < 4.78 is 1.08. The molecule has 2 heterocycles. The summed E-state index contributed by atoms with van der Waals surface area (Å²) in [6.45, 7) is 0. The van der Waals surface area contributed by atoms with Crippen molar-refractivity contribution in [3.05, 3.63) is 43.2 Å². The van der Waals surface area contributed by atoms with Crippen LogP contribution in [0.2, 0.25) is 0 Å². The lowest BCUT2D eigenvalue weighted by atomic mass is 10.1. The molecular formula is C11H11BrOS2. The average Bonchev–Trinajstić information content (AvgIpc) is 2.84. The SMILES string of the molecule is OC(CCc1ccsc1)c1csc(Br)c1. The van der Waals surface area contributed by atoms with Crippen LogP contribution >= 0.6 is 38.6 Å². The van der Waals surface area contributed by atoms with Gasteiger partial charge in [-0.3, -0.25) is 0 Å². The highest BCUT2D eigenvalue weighted by Crippen LogP contribution is 2.27. The van der Waals surface area contributed by atoms with Crippen LogP contribution in [0.5, 0.6) is 0 Å². The largest absolute Gasteiger partial charge is 0.388 e. The van der Waals surface area contributed by atoms with E-state index in [0.29, 0.717) is 0 Å². The van der Waals surface area contributed by atoms with E-state index in [1.807, 2.05) is 11.4 Å². The van der Waals surface area contributed by atoms with E-state index in [1.54, 1.807) is 22.7 Å². The summed E-state index contributed by atoms with van der Waals surface area (Å²) in [5.41, 5.74) is 2.33. The van der Waals surface area contributed by atoms with Gasteiger partial charge in [-0.05, 0) is 68.2 Å². The molecule has 0 aliphatic rings. The first-order valence-electron chi connectivity index (χ1n) is 4.69. The van der Waals surface area contributed by atoms with Crippen molar-refractivity contribution in [3.8, 4) is 0 Å². The molecule has 2 rings (SSSR count). The van der Waals surface area contributed by atoms with Gasteiger partial charge in [0.05, 0.1) is 9.89 Å². The van der Waals surface area contributed by atoms with Crippen LogP contribution in [0.1, 0.15) is 23.7 Å². The van der Waals surface area contributed by atoms with Crippen molar-refractivity contribution in [3.63, 3.8) is 0 Å². The summed E-state index contributed by atoms with van der Waals surface area (Å²) in [6, 6.07) is 4.10. The van der Waals surface area contributed by atoms with Crippen molar-refractivity contribution < 1.29 is 5.11 Å². The maximum absolute atomic E-state index is 9.92. The molecule has 2 aromatic rings. The third kappa shape index (κ3) is 3.14. The lowest BCUT2D eigenvalue weighted by Gasteiger charge is -2.07. The maximum Gasteiger partial charge on any atom is 0.0801 e. The summed E-state index contributed by atoms with van der Waals surface area (Å²) >= 11 is 6.72.